The van der Waals surface area contributed by atoms with Gasteiger partial charge < -0.3 is 24.3 Å². The van der Waals surface area contributed by atoms with E-state index in [1.54, 1.807) is 13.8 Å². The van der Waals surface area contributed by atoms with Crippen molar-refractivity contribution in [2.45, 2.75) is 33.8 Å². The predicted molar refractivity (Wildman–Crippen MR) is 122 cm³/mol. The second-order valence-corrected chi connectivity index (χ2v) is 6.97. The highest BCUT2D eigenvalue weighted by Gasteiger charge is 2.24. The highest BCUT2D eigenvalue weighted by Crippen LogP contribution is 2.39. The summed E-state index contributed by atoms with van der Waals surface area (Å²) < 4.78 is 22.0. The fourth-order valence-corrected chi connectivity index (χ4v) is 2.91. The number of esters is 1. The van der Waals surface area contributed by atoms with Crippen molar-refractivity contribution in [3.8, 4) is 17.2 Å². The quantitative estimate of drug-likeness (QED) is 0.280. The molecule has 0 radical (unpaired) electrons. The number of anilines is 1. The molecule has 1 atom stereocenters. The molecular weight excluding hydrogens is 456 g/mol. The first-order valence-corrected chi connectivity index (χ1v) is 10.6. The Morgan fingerprint density at radius 3 is 2.12 bits per heavy atom. The van der Waals surface area contributed by atoms with Gasteiger partial charge in [0.2, 0.25) is 5.75 Å². The molecule has 2 aromatic carbocycles. The van der Waals surface area contributed by atoms with Gasteiger partial charge in [0.15, 0.2) is 17.6 Å². The number of non-ortho nitro benzene ring substituents is 1. The van der Waals surface area contributed by atoms with Crippen LogP contribution in [0.25, 0.3) is 0 Å². The fraction of sp³-hybridized carbons (Fsp3) is 0.364. The number of benzene rings is 2. The number of carbonyl (C=O) groups is 2. The van der Waals surface area contributed by atoms with Gasteiger partial charge in [0.05, 0.1) is 41.0 Å². The third-order valence-electron chi connectivity index (χ3n) is 4.22. The molecule has 11 heteroatoms. The maximum atomic E-state index is 12.7. The largest absolute Gasteiger partial charge is 0.490 e. The zero-order chi connectivity index (χ0) is 24.5. The number of hydrogen-bond donors (Lipinski definition) is 1. The van der Waals surface area contributed by atoms with Crippen LogP contribution >= 0.6 is 11.6 Å². The summed E-state index contributed by atoms with van der Waals surface area (Å²) in [7, 11) is 0. The first-order chi connectivity index (χ1) is 15.7. The van der Waals surface area contributed by atoms with E-state index in [9.17, 15) is 19.7 Å². The van der Waals surface area contributed by atoms with Crippen molar-refractivity contribution in [1.29, 1.82) is 0 Å². The van der Waals surface area contributed by atoms with Crippen LogP contribution in [-0.4, -0.2) is 42.7 Å². The molecule has 1 amide bonds. The number of rotatable bonds is 11. The average Bonchev–Trinajstić information content (AvgIpc) is 2.77. The van der Waals surface area contributed by atoms with E-state index in [1.165, 1.54) is 31.2 Å². The summed E-state index contributed by atoms with van der Waals surface area (Å²) in [5.41, 5.74) is -0.129. The summed E-state index contributed by atoms with van der Waals surface area (Å²) in [5, 5.41) is 13.5. The molecular formula is C22H25ClN2O8. The molecule has 33 heavy (non-hydrogen) atoms. The standard InChI is InChI=1S/C22H25ClN2O8/c1-5-30-18-10-14(11-19(31-6-2)20(18)32-7-3)22(27)33-13(4)21(26)24-17-12-15(25(28)29)8-9-16(17)23/h8-13H,5-7H2,1-4H3,(H,24,26). The van der Waals surface area contributed by atoms with Crippen molar-refractivity contribution < 1.29 is 33.5 Å². The Morgan fingerprint density at radius 2 is 1.61 bits per heavy atom. The van der Waals surface area contributed by atoms with Gasteiger partial charge in [-0.1, -0.05) is 11.6 Å². The van der Waals surface area contributed by atoms with Crippen LogP contribution in [-0.2, 0) is 9.53 Å². The SMILES string of the molecule is CCOc1cc(C(=O)OC(C)C(=O)Nc2cc([N+](=O)[O-])ccc2Cl)cc(OCC)c1OCC. The van der Waals surface area contributed by atoms with Crippen molar-refractivity contribution in [2.75, 3.05) is 25.1 Å². The van der Waals surface area contributed by atoms with Gasteiger partial charge in [0, 0.05) is 12.1 Å². The summed E-state index contributed by atoms with van der Waals surface area (Å²) in [4.78, 5) is 35.6. The number of nitrogens with zero attached hydrogens (tertiary/aromatic N) is 1. The van der Waals surface area contributed by atoms with E-state index in [-0.39, 0.29) is 22.0 Å². The van der Waals surface area contributed by atoms with Crippen LogP contribution < -0.4 is 19.5 Å². The van der Waals surface area contributed by atoms with E-state index in [2.05, 4.69) is 5.32 Å². The van der Waals surface area contributed by atoms with Crippen LogP contribution in [0.4, 0.5) is 11.4 Å². The fourth-order valence-electron chi connectivity index (χ4n) is 2.75. The van der Waals surface area contributed by atoms with E-state index in [0.717, 1.165) is 6.07 Å². The van der Waals surface area contributed by atoms with Gasteiger partial charge in [-0.25, -0.2) is 4.79 Å². The third kappa shape index (κ3) is 6.72. The molecule has 178 valence electrons. The lowest BCUT2D eigenvalue weighted by Crippen LogP contribution is -2.30. The van der Waals surface area contributed by atoms with E-state index in [0.29, 0.717) is 37.1 Å². The molecule has 0 aliphatic carbocycles. The topological polar surface area (TPSA) is 126 Å². The van der Waals surface area contributed by atoms with Gasteiger partial charge in [-0.05, 0) is 45.9 Å². The summed E-state index contributed by atoms with van der Waals surface area (Å²) in [6, 6.07) is 6.50. The Balaban J connectivity index is 2.22. The van der Waals surface area contributed by atoms with Crippen molar-refractivity contribution in [3.05, 3.63) is 51.0 Å². The molecule has 1 unspecified atom stereocenters. The number of amides is 1. The summed E-state index contributed by atoms with van der Waals surface area (Å²) in [5.74, 6) is -0.543. The highest BCUT2D eigenvalue weighted by molar-refractivity contribution is 6.33. The summed E-state index contributed by atoms with van der Waals surface area (Å²) in [6.45, 7) is 7.75. The van der Waals surface area contributed by atoms with Crippen molar-refractivity contribution in [3.63, 3.8) is 0 Å². The minimum absolute atomic E-state index is 0.0251. The monoisotopic (exact) mass is 480 g/mol. The van der Waals surface area contributed by atoms with Crippen molar-refractivity contribution in [1.82, 2.24) is 0 Å². The van der Waals surface area contributed by atoms with E-state index < -0.39 is 22.9 Å². The lowest BCUT2D eigenvalue weighted by atomic mass is 10.1. The molecule has 0 bridgehead atoms. The van der Waals surface area contributed by atoms with Crippen LogP contribution in [0.2, 0.25) is 5.02 Å². The van der Waals surface area contributed by atoms with Gasteiger partial charge in [-0.2, -0.15) is 0 Å². The first kappa shape index (κ1) is 25.7. The van der Waals surface area contributed by atoms with Gasteiger partial charge >= 0.3 is 5.97 Å². The van der Waals surface area contributed by atoms with Crippen molar-refractivity contribution in [2.24, 2.45) is 0 Å². The molecule has 10 nitrogen and oxygen atoms in total. The average molecular weight is 481 g/mol. The van der Waals surface area contributed by atoms with Gasteiger partial charge in [-0.3, -0.25) is 14.9 Å². The predicted octanol–water partition coefficient (Wildman–Crippen LogP) is 4.63. The zero-order valence-corrected chi connectivity index (χ0v) is 19.4. The lowest BCUT2D eigenvalue weighted by molar-refractivity contribution is -0.384. The molecule has 2 aromatic rings. The Hall–Kier alpha value is -3.53. The number of carbonyl (C=O) groups excluding carboxylic acids is 2. The van der Waals surface area contributed by atoms with Gasteiger partial charge in [-0.15, -0.1) is 0 Å². The molecule has 0 aromatic heterocycles. The number of nitrogens with one attached hydrogen (secondary N) is 1. The third-order valence-corrected chi connectivity index (χ3v) is 4.55. The normalized spacial score (nSPS) is 11.3. The number of nitro benzene ring substituents is 1. The zero-order valence-electron chi connectivity index (χ0n) is 18.7. The van der Waals surface area contributed by atoms with Crippen LogP contribution in [0, 0.1) is 10.1 Å². The molecule has 2 rings (SSSR count). The molecule has 0 fully saturated rings. The summed E-state index contributed by atoms with van der Waals surface area (Å²) >= 11 is 6.00. The van der Waals surface area contributed by atoms with Crippen molar-refractivity contribution >= 4 is 34.9 Å². The molecule has 1 N–H and O–H groups in total. The van der Waals surface area contributed by atoms with Crippen LogP contribution in [0.3, 0.4) is 0 Å². The number of nitro groups is 1. The molecule has 0 saturated carbocycles. The van der Waals surface area contributed by atoms with Crippen LogP contribution in [0.1, 0.15) is 38.1 Å². The van der Waals surface area contributed by atoms with Gasteiger partial charge in [0.25, 0.3) is 11.6 Å². The Morgan fingerprint density at radius 1 is 1.03 bits per heavy atom. The molecule has 0 aliphatic heterocycles. The van der Waals surface area contributed by atoms with Crippen LogP contribution in [0.15, 0.2) is 30.3 Å². The van der Waals surface area contributed by atoms with E-state index in [4.69, 9.17) is 30.5 Å². The van der Waals surface area contributed by atoms with E-state index in [1.807, 2.05) is 6.92 Å². The minimum Gasteiger partial charge on any atom is -0.490 e. The Kier molecular flexibility index (Phi) is 9.29. The molecule has 0 heterocycles. The van der Waals surface area contributed by atoms with Gasteiger partial charge in [0.1, 0.15) is 0 Å². The minimum atomic E-state index is -1.23. The summed E-state index contributed by atoms with van der Waals surface area (Å²) in [6.07, 6.45) is -1.23. The number of halogens is 1. The maximum Gasteiger partial charge on any atom is 0.339 e. The number of ether oxygens (including phenoxy) is 4. The first-order valence-electron chi connectivity index (χ1n) is 10.2. The lowest BCUT2D eigenvalue weighted by Gasteiger charge is -2.18. The molecule has 0 spiro atoms. The second-order valence-electron chi connectivity index (χ2n) is 6.56. The maximum absolute atomic E-state index is 12.7. The number of hydrogen-bond acceptors (Lipinski definition) is 8. The highest BCUT2D eigenvalue weighted by atomic mass is 35.5. The van der Waals surface area contributed by atoms with E-state index >= 15 is 0 Å². The Bertz CT molecular complexity index is 1000. The molecule has 0 saturated heterocycles. The van der Waals surface area contributed by atoms with Crippen LogP contribution in [0.5, 0.6) is 17.2 Å². The Labute approximate surface area is 195 Å². The second kappa shape index (κ2) is 11.9. The molecule has 0 aliphatic rings. The smallest absolute Gasteiger partial charge is 0.339 e.